The van der Waals surface area contributed by atoms with Crippen LogP contribution in [0.5, 0.6) is 0 Å². The molecule has 2 aromatic heterocycles. The van der Waals surface area contributed by atoms with Crippen molar-refractivity contribution in [1.29, 1.82) is 0 Å². The number of nitrogens with zero attached hydrogens (tertiary/aromatic N) is 4. The van der Waals surface area contributed by atoms with Crippen molar-refractivity contribution in [3.63, 3.8) is 0 Å². The van der Waals surface area contributed by atoms with E-state index in [-0.39, 0.29) is 0 Å². The smallest absolute Gasteiger partial charge is 0.131 e. The first-order valence-electron chi connectivity index (χ1n) is 6.39. The van der Waals surface area contributed by atoms with Crippen molar-refractivity contribution in [3.05, 3.63) is 42.6 Å². The minimum atomic E-state index is 0.432. The summed E-state index contributed by atoms with van der Waals surface area (Å²) in [5.41, 5.74) is 2.69. The van der Waals surface area contributed by atoms with Gasteiger partial charge >= 0.3 is 0 Å². The lowest BCUT2D eigenvalue weighted by atomic mass is 10.2. The molecule has 4 rings (SSSR count). The van der Waals surface area contributed by atoms with Gasteiger partial charge in [-0.1, -0.05) is 29.5 Å². The number of hydrogen-bond donors (Lipinski definition) is 1. The maximum absolute atomic E-state index is 4.63. The molecule has 0 atom stereocenters. The number of hydrogen-bond acceptors (Lipinski definition) is 4. The predicted octanol–water partition coefficient (Wildman–Crippen LogP) is 1.64. The largest absolute Gasteiger partial charge is 0.312 e. The van der Waals surface area contributed by atoms with Gasteiger partial charge in [-0.3, -0.25) is 0 Å². The average molecular weight is 251 g/mol. The molecular weight excluding hydrogens is 238 g/mol. The molecule has 0 amide bonds. The SMILES string of the molecule is c1ccc2nc(-c3cn(C4CNC4)nn3)ccc2c1. The summed E-state index contributed by atoms with van der Waals surface area (Å²) in [6.45, 7) is 1.93. The molecule has 0 bridgehead atoms. The van der Waals surface area contributed by atoms with Crippen LogP contribution >= 0.6 is 0 Å². The fourth-order valence-corrected chi connectivity index (χ4v) is 2.24. The first-order valence-corrected chi connectivity index (χ1v) is 6.39. The van der Waals surface area contributed by atoms with E-state index in [9.17, 15) is 0 Å². The summed E-state index contributed by atoms with van der Waals surface area (Å²) in [6.07, 6.45) is 1.97. The number of benzene rings is 1. The van der Waals surface area contributed by atoms with Crippen molar-refractivity contribution in [2.45, 2.75) is 6.04 Å². The summed E-state index contributed by atoms with van der Waals surface area (Å²) in [4.78, 5) is 4.63. The third-order valence-electron chi connectivity index (χ3n) is 3.51. The molecule has 5 nitrogen and oxygen atoms in total. The van der Waals surface area contributed by atoms with Crippen LogP contribution in [0.3, 0.4) is 0 Å². The van der Waals surface area contributed by atoms with Crippen molar-refractivity contribution in [3.8, 4) is 11.4 Å². The van der Waals surface area contributed by atoms with Gasteiger partial charge in [0.1, 0.15) is 5.69 Å². The normalized spacial score (nSPS) is 15.6. The van der Waals surface area contributed by atoms with Crippen LogP contribution in [0.4, 0.5) is 0 Å². The molecule has 1 aliphatic rings. The lowest BCUT2D eigenvalue weighted by Crippen LogP contribution is -2.43. The minimum Gasteiger partial charge on any atom is -0.312 e. The fraction of sp³-hybridized carbons (Fsp3) is 0.214. The number of pyridine rings is 1. The highest BCUT2D eigenvalue weighted by molar-refractivity contribution is 5.80. The molecule has 19 heavy (non-hydrogen) atoms. The Hall–Kier alpha value is -2.27. The molecule has 1 aromatic carbocycles. The van der Waals surface area contributed by atoms with E-state index in [4.69, 9.17) is 0 Å². The molecular formula is C14H13N5. The summed E-state index contributed by atoms with van der Waals surface area (Å²) in [6, 6.07) is 12.6. The molecule has 0 aliphatic carbocycles. The zero-order chi connectivity index (χ0) is 12.7. The van der Waals surface area contributed by atoms with Gasteiger partial charge in [-0.15, -0.1) is 5.10 Å². The zero-order valence-corrected chi connectivity index (χ0v) is 10.3. The Morgan fingerprint density at radius 2 is 1.95 bits per heavy atom. The fourth-order valence-electron chi connectivity index (χ4n) is 2.24. The summed E-state index contributed by atoms with van der Waals surface area (Å²) in [5, 5.41) is 12.8. The summed E-state index contributed by atoms with van der Waals surface area (Å²) in [7, 11) is 0. The molecule has 3 heterocycles. The topological polar surface area (TPSA) is 55.6 Å². The van der Waals surface area contributed by atoms with Crippen molar-refractivity contribution in [1.82, 2.24) is 25.3 Å². The van der Waals surface area contributed by atoms with Crippen LogP contribution in [0, 0.1) is 0 Å². The van der Waals surface area contributed by atoms with Gasteiger partial charge in [-0.2, -0.15) is 0 Å². The molecule has 0 radical (unpaired) electrons. The Balaban J connectivity index is 1.74. The van der Waals surface area contributed by atoms with Crippen LogP contribution in [0.2, 0.25) is 0 Å². The van der Waals surface area contributed by atoms with Crippen LogP contribution in [-0.4, -0.2) is 33.1 Å². The Kier molecular flexibility index (Phi) is 2.31. The third kappa shape index (κ3) is 1.79. The van der Waals surface area contributed by atoms with Gasteiger partial charge in [0.25, 0.3) is 0 Å². The van der Waals surface area contributed by atoms with Crippen LogP contribution in [0.25, 0.3) is 22.3 Å². The lowest BCUT2D eigenvalue weighted by Gasteiger charge is -2.26. The zero-order valence-electron chi connectivity index (χ0n) is 10.3. The second-order valence-corrected chi connectivity index (χ2v) is 4.79. The number of para-hydroxylation sites is 1. The highest BCUT2D eigenvalue weighted by atomic mass is 15.5. The van der Waals surface area contributed by atoms with E-state index < -0.39 is 0 Å². The van der Waals surface area contributed by atoms with Crippen molar-refractivity contribution >= 4 is 10.9 Å². The summed E-state index contributed by atoms with van der Waals surface area (Å²) < 4.78 is 1.92. The Morgan fingerprint density at radius 3 is 2.79 bits per heavy atom. The van der Waals surface area contributed by atoms with E-state index in [2.05, 4.69) is 32.7 Å². The first kappa shape index (κ1) is 10.6. The lowest BCUT2D eigenvalue weighted by molar-refractivity contribution is 0.313. The minimum absolute atomic E-state index is 0.432. The first-order chi connectivity index (χ1) is 9.40. The molecule has 1 fully saturated rings. The molecule has 1 saturated heterocycles. The van der Waals surface area contributed by atoms with E-state index in [1.165, 1.54) is 0 Å². The molecule has 0 unspecified atom stereocenters. The molecule has 1 N–H and O–H groups in total. The van der Waals surface area contributed by atoms with E-state index in [1.54, 1.807) is 0 Å². The molecule has 1 aliphatic heterocycles. The summed E-state index contributed by atoms with van der Waals surface area (Å²) in [5.74, 6) is 0. The van der Waals surface area contributed by atoms with Gasteiger partial charge < -0.3 is 5.32 Å². The van der Waals surface area contributed by atoms with E-state index in [0.29, 0.717) is 6.04 Å². The van der Waals surface area contributed by atoms with E-state index in [0.717, 1.165) is 35.4 Å². The monoisotopic (exact) mass is 251 g/mol. The van der Waals surface area contributed by atoms with E-state index in [1.807, 2.05) is 35.1 Å². The van der Waals surface area contributed by atoms with E-state index >= 15 is 0 Å². The van der Waals surface area contributed by atoms with Gasteiger partial charge in [0.2, 0.25) is 0 Å². The van der Waals surface area contributed by atoms with Crippen LogP contribution in [0.1, 0.15) is 6.04 Å². The molecule has 94 valence electrons. The highest BCUT2D eigenvalue weighted by Crippen LogP contribution is 2.20. The average Bonchev–Trinajstić information content (AvgIpc) is 2.85. The maximum atomic E-state index is 4.63. The van der Waals surface area contributed by atoms with Gasteiger partial charge in [-0.25, -0.2) is 9.67 Å². The number of nitrogens with one attached hydrogen (secondary N) is 1. The molecule has 3 aromatic rings. The highest BCUT2D eigenvalue weighted by Gasteiger charge is 2.20. The second-order valence-electron chi connectivity index (χ2n) is 4.79. The van der Waals surface area contributed by atoms with Gasteiger partial charge in [0.05, 0.1) is 23.4 Å². The predicted molar refractivity (Wildman–Crippen MR) is 72.7 cm³/mol. The van der Waals surface area contributed by atoms with Crippen LogP contribution < -0.4 is 5.32 Å². The Bertz CT molecular complexity index is 729. The molecule has 0 spiro atoms. The second kappa shape index (κ2) is 4.13. The van der Waals surface area contributed by atoms with Crippen LogP contribution in [-0.2, 0) is 0 Å². The van der Waals surface area contributed by atoms with Crippen molar-refractivity contribution in [2.24, 2.45) is 0 Å². The van der Waals surface area contributed by atoms with Crippen molar-refractivity contribution in [2.75, 3.05) is 13.1 Å². The van der Waals surface area contributed by atoms with Gasteiger partial charge in [-0.05, 0) is 12.1 Å². The standard InChI is InChI=1S/C14H13N5/c1-2-4-12-10(3-1)5-6-13(16-12)14-9-19(18-17-14)11-7-15-8-11/h1-6,9,11,15H,7-8H2. The summed E-state index contributed by atoms with van der Waals surface area (Å²) >= 11 is 0. The Morgan fingerprint density at radius 1 is 1.05 bits per heavy atom. The third-order valence-corrected chi connectivity index (χ3v) is 3.51. The number of fused-ring (bicyclic) bond motifs is 1. The quantitative estimate of drug-likeness (QED) is 0.752. The maximum Gasteiger partial charge on any atom is 0.131 e. The number of rotatable bonds is 2. The molecule has 5 heteroatoms. The Labute approximate surface area is 110 Å². The van der Waals surface area contributed by atoms with Gasteiger partial charge in [0.15, 0.2) is 0 Å². The number of aromatic nitrogens is 4. The molecule has 0 saturated carbocycles. The van der Waals surface area contributed by atoms with Crippen molar-refractivity contribution < 1.29 is 0 Å². The van der Waals surface area contributed by atoms with Gasteiger partial charge in [0, 0.05) is 18.5 Å². The van der Waals surface area contributed by atoms with Crippen LogP contribution in [0.15, 0.2) is 42.6 Å².